The third kappa shape index (κ3) is 18.1. The summed E-state index contributed by atoms with van der Waals surface area (Å²) < 4.78 is 12.0. The van der Waals surface area contributed by atoms with Gasteiger partial charge in [0.15, 0.2) is 6.29 Å². The average Bonchev–Trinajstić information content (AvgIpc) is 2.80. The van der Waals surface area contributed by atoms with Gasteiger partial charge < -0.3 is 35.0 Å². The molecule has 4 atom stereocenters. The third-order valence-corrected chi connectivity index (χ3v) is 7.74. The smallest absolute Gasteiger partial charge is 0.160 e. The zero-order valence-electron chi connectivity index (χ0n) is 24.6. The minimum atomic E-state index is -1.38. The summed E-state index contributed by atoms with van der Waals surface area (Å²) in [6.07, 6.45) is 1.34. The summed E-state index contributed by atoms with van der Waals surface area (Å²) in [6.45, 7) is 17.3. The molecule has 0 saturated carbocycles. The number of hydrogen-bond acceptors (Lipinski definition) is 10. The maximum atomic E-state index is 11.1. The average molecular weight is 555 g/mol. The van der Waals surface area contributed by atoms with Gasteiger partial charge in [0.1, 0.15) is 12.5 Å². The lowest BCUT2D eigenvalue weighted by atomic mass is 9.79. The second-order valence-corrected chi connectivity index (χ2v) is 13.0. The van der Waals surface area contributed by atoms with Crippen LogP contribution in [0.5, 0.6) is 0 Å². The van der Waals surface area contributed by atoms with Crippen molar-refractivity contribution in [1.29, 1.82) is 0 Å². The monoisotopic (exact) mass is 554 g/mol. The highest BCUT2D eigenvalue weighted by atomic mass is 32.2. The van der Waals surface area contributed by atoms with Crippen LogP contribution in [0.25, 0.3) is 0 Å². The molecule has 9 nitrogen and oxygen atoms in total. The molecule has 0 saturated heterocycles. The van der Waals surface area contributed by atoms with Gasteiger partial charge >= 0.3 is 0 Å². The van der Waals surface area contributed by atoms with Crippen molar-refractivity contribution in [1.82, 2.24) is 10.6 Å². The maximum absolute atomic E-state index is 11.1. The molecular weight excluding hydrogens is 496 g/mol. The number of rotatable bonds is 23. The molecule has 0 aliphatic rings. The fourth-order valence-electron chi connectivity index (χ4n) is 3.87. The fraction of sp³-hybridized carbons (Fsp3) is 1.00. The summed E-state index contributed by atoms with van der Waals surface area (Å²) in [4.78, 5) is 0. The van der Waals surface area contributed by atoms with E-state index in [9.17, 15) is 15.3 Å². The van der Waals surface area contributed by atoms with Gasteiger partial charge in [-0.2, -0.15) is 11.8 Å². The number of aliphatic hydroxyl groups is 5. The van der Waals surface area contributed by atoms with E-state index in [4.69, 9.17) is 19.7 Å². The lowest BCUT2D eigenvalue weighted by Gasteiger charge is -2.37. The first-order chi connectivity index (χ1) is 17.0. The molecule has 7 N–H and O–H groups in total. The van der Waals surface area contributed by atoms with Crippen LogP contribution in [-0.2, 0) is 9.47 Å². The van der Waals surface area contributed by atoms with E-state index in [1.165, 1.54) is 11.8 Å². The molecule has 0 aromatic heterocycles. The van der Waals surface area contributed by atoms with Crippen LogP contribution < -0.4 is 10.6 Å². The predicted molar refractivity (Wildman–Crippen MR) is 151 cm³/mol. The normalized spacial score (nSPS) is 16.7. The standard InChI is InChI=1S/C27H58N2O7S/c1-9-14-26(5,6)36-19-27(7,8)35-16-21(30)29-20(24(34)25(3,4)10-2)13-11-12-15-28-22(31)17-37-18-23(32)33/h20-24,28-34H,9-19H2,1-8H3. The van der Waals surface area contributed by atoms with Crippen molar-refractivity contribution in [2.45, 2.75) is 136 Å². The SMILES string of the molecule is CCCC(C)(C)OCC(C)(C)OCC(O)NC(CCCCNC(O)CSCC(O)O)C(O)C(C)(C)CC. The summed E-state index contributed by atoms with van der Waals surface area (Å²) in [5.74, 6) is 0.527. The van der Waals surface area contributed by atoms with Crippen molar-refractivity contribution in [3.8, 4) is 0 Å². The van der Waals surface area contributed by atoms with Gasteiger partial charge in [0.2, 0.25) is 0 Å². The summed E-state index contributed by atoms with van der Waals surface area (Å²) in [7, 11) is 0. The largest absolute Gasteiger partial charge is 0.391 e. The maximum Gasteiger partial charge on any atom is 0.160 e. The minimum Gasteiger partial charge on any atom is -0.391 e. The molecule has 4 unspecified atom stereocenters. The van der Waals surface area contributed by atoms with Crippen LogP contribution in [0, 0.1) is 5.41 Å². The molecule has 0 aromatic carbocycles. The highest BCUT2D eigenvalue weighted by molar-refractivity contribution is 7.99. The van der Waals surface area contributed by atoms with Crippen molar-refractivity contribution >= 4 is 11.8 Å². The number of thioether (sulfide) groups is 1. The minimum absolute atomic E-state index is 0.0777. The molecular formula is C27H58N2O7S. The Morgan fingerprint density at radius 1 is 0.811 bits per heavy atom. The first-order valence-corrected chi connectivity index (χ1v) is 15.0. The molecule has 0 heterocycles. The van der Waals surface area contributed by atoms with Crippen LogP contribution in [0.15, 0.2) is 0 Å². The van der Waals surface area contributed by atoms with Gasteiger partial charge in [0.25, 0.3) is 0 Å². The zero-order valence-corrected chi connectivity index (χ0v) is 25.4. The van der Waals surface area contributed by atoms with Gasteiger partial charge in [-0.15, -0.1) is 0 Å². The van der Waals surface area contributed by atoms with E-state index < -0.39 is 30.5 Å². The molecule has 0 aliphatic heterocycles. The number of unbranched alkanes of at least 4 members (excludes halogenated alkanes) is 1. The van der Waals surface area contributed by atoms with Crippen molar-refractivity contribution in [2.24, 2.45) is 5.41 Å². The van der Waals surface area contributed by atoms with Crippen molar-refractivity contribution in [2.75, 3.05) is 31.3 Å². The Bertz CT molecular complexity index is 579. The highest BCUT2D eigenvalue weighted by Crippen LogP contribution is 2.29. The summed E-state index contributed by atoms with van der Waals surface area (Å²) in [5, 5.41) is 55.7. The van der Waals surface area contributed by atoms with Crippen LogP contribution in [0.2, 0.25) is 0 Å². The van der Waals surface area contributed by atoms with E-state index >= 15 is 0 Å². The Kier molecular flexibility index (Phi) is 18.4. The van der Waals surface area contributed by atoms with Crippen molar-refractivity contribution < 1.29 is 35.0 Å². The predicted octanol–water partition coefficient (Wildman–Crippen LogP) is 2.57. The number of ether oxygens (including phenoxy) is 2. The lowest BCUT2D eigenvalue weighted by Crippen LogP contribution is -2.52. The van der Waals surface area contributed by atoms with Crippen LogP contribution >= 0.6 is 11.8 Å². The van der Waals surface area contributed by atoms with Crippen molar-refractivity contribution in [3.05, 3.63) is 0 Å². The van der Waals surface area contributed by atoms with Crippen LogP contribution in [0.1, 0.15) is 93.9 Å². The van der Waals surface area contributed by atoms with Gasteiger partial charge in [0.05, 0.1) is 30.5 Å². The Labute approximate surface area is 230 Å². The van der Waals surface area contributed by atoms with Gasteiger partial charge in [-0.1, -0.05) is 40.5 Å². The molecule has 0 amide bonds. The van der Waals surface area contributed by atoms with E-state index in [0.717, 1.165) is 32.1 Å². The highest BCUT2D eigenvalue weighted by Gasteiger charge is 2.34. The van der Waals surface area contributed by atoms with Gasteiger partial charge in [0, 0.05) is 17.5 Å². The summed E-state index contributed by atoms with van der Waals surface area (Å²) in [5.41, 5.74) is -1.11. The molecule has 0 rings (SSSR count). The molecule has 0 radical (unpaired) electrons. The zero-order chi connectivity index (χ0) is 28.7. The van der Waals surface area contributed by atoms with E-state index in [2.05, 4.69) is 31.4 Å². The molecule has 224 valence electrons. The van der Waals surface area contributed by atoms with E-state index in [1.54, 1.807) is 0 Å². The second-order valence-electron chi connectivity index (χ2n) is 11.9. The second kappa shape index (κ2) is 18.4. The first-order valence-electron chi connectivity index (χ1n) is 13.8. The molecule has 0 spiro atoms. The number of hydrogen-bond donors (Lipinski definition) is 7. The van der Waals surface area contributed by atoms with Gasteiger partial charge in [-0.25, -0.2) is 0 Å². The summed E-state index contributed by atoms with van der Waals surface area (Å²) in [6, 6.07) is -0.317. The molecule has 37 heavy (non-hydrogen) atoms. The Hall–Kier alpha value is -0.0100. The van der Waals surface area contributed by atoms with Crippen LogP contribution in [-0.4, -0.2) is 98.9 Å². The summed E-state index contributed by atoms with van der Waals surface area (Å²) >= 11 is 1.26. The molecule has 10 heteroatoms. The molecule has 0 aromatic rings. The molecule has 0 aliphatic carbocycles. The van der Waals surface area contributed by atoms with E-state index in [0.29, 0.717) is 25.3 Å². The van der Waals surface area contributed by atoms with Gasteiger partial charge in [-0.05, 0) is 65.3 Å². The van der Waals surface area contributed by atoms with Gasteiger partial charge in [-0.3, -0.25) is 10.6 Å². The van der Waals surface area contributed by atoms with E-state index in [1.807, 2.05) is 34.6 Å². The van der Waals surface area contributed by atoms with Crippen molar-refractivity contribution in [3.63, 3.8) is 0 Å². The van der Waals surface area contributed by atoms with Crippen LogP contribution in [0.3, 0.4) is 0 Å². The van der Waals surface area contributed by atoms with E-state index in [-0.39, 0.29) is 29.4 Å². The van der Waals surface area contributed by atoms with Crippen LogP contribution in [0.4, 0.5) is 0 Å². The topological polar surface area (TPSA) is 144 Å². The first kappa shape index (κ1) is 37.0. The number of nitrogens with one attached hydrogen (secondary N) is 2. The Morgan fingerprint density at radius 2 is 1.46 bits per heavy atom. The lowest BCUT2D eigenvalue weighted by molar-refractivity contribution is -0.140. The number of aliphatic hydroxyl groups excluding tert-OH is 4. The molecule has 0 bridgehead atoms. The quantitative estimate of drug-likeness (QED) is 0.0744. The fourth-order valence-corrected chi connectivity index (χ4v) is 4.56. The Morgan fingerprint density at radius 3 is 2.03 bits per heavy atom. The third-order valence-electron chi connectivity index (χ3n) is 6.66. The Balaban J connectivity index is 4.72. The molecule has 0 fully saturated rings.